The molecule has 8 heteroatoms. The number of aliphatic hydroxyl groups is 8. The molecular formula is C72H56O8. The van der Waals surface area contributed by atoms with Crippen LogP contribution in [0.5, 0.6) is 0 Å². The average molecular weight is 1050 g/mol. The lowest BCUT2D eigenvalue weighted by molar-refractivity contribution is 0.106. The van der Waals surface area contributed by atoms with E-state index < -0.39 is 44.8 Å². The molecule has 8 N–H and O–H groups in total. The summed E-state index contributed by atoms with van der Waals surface area (Å²) < 4.78 is 0. The maximum absolute atomic E-state index is 11.8. The molecule has 0 unspecified atom stereocenters. The number of rotatable bonds is 0. The lowest BCUT2D eigenvalue weighted by atomic mass is 9.80. The van der Waals surface area contributed by atoms with E-state index in [2.05, 4.69) is 0 Å². The average Bonchev–Trinajstić information content (AvgIpc) is 3.54. The molecule has 23 aliphatic carbocycles. The van der Waals surface area contributed by atoms with Gasteiger partial charge in [-0.15, -0.1) is 0 Å². The van der Waals surface area contributed by atoms with E-state index in [9.17, 15) is 40.9 Å². The largest absolute Gasteiger partial charge is 0.377 e. The summed E-state index contributed by atoms with van der Waals surface area (Å²) in [7, 11) is 0. The molecule has 8 aromatic rings. The molecule has 80 heavy (non-hydrogen) atoms. The summed E-state index contributed by atoms with van der Waals surface area (Å²) in [5, 5.41) is 94.2. The number of hydrogen-bond donors (Lipinski definition) is 8. The van der Waals surface area contributed by atoms with Crippen LogP contribution in [0.2, 0.25) is 0 Å². The summed E-state index contributed by atoms with van der Waals surface area (Å²) >= 11 is 0. The third-order valence-corrected chi connectivity index (χ3v) is 16.8. The molecule has 0 aromatic heterocycles. The van der Waals surface area contributed by atoms with Gasteiger partial charge in [-0.25, -0.2) is 0 Å². The molecule has 0 saturated carbocycles. The quantitative estimate of drug-likeness (QED) is 0.0697. The molecule has 0 atom stereocenters. The van der Waals surface area contributed by atoms with Crippen LogP contribution in [0.25, 0.3) is 44.5 Å². The summed E-state index contributed by atoms with van der Waals surface area (Å²) in [6.07, 6.45) is 25.6. The molecular weight excluding hydrogens is 993 g/mol. The number of hydrogen-bond acceptors (Lipinski definition) is 8. The molecule has 0 saturated heterocycles. The van der Waals surface area contributed by atoms with Crippen LogP contribution in [0.4, 0.5) is 0 Å². The Balaban J connectivity index is 0.782. The fourth-order valence-corrected chi connectivity index (χ4v) is 11.5. The summed E-state index contributed by atoms with van der Waals surface area (Å²) in [4.78, 5) is 0. The predicted molar refractivity (Wildman–Crippen MR) is 312 cm³/mol. The van der Waals surface area contributed by atoms with Gasteiger partial charge in [0, 0.05) is 0 Å². The molecule has 8 nitrogen and oxygen atoms in total. The van der Waals surface area contributed by atoms with Gasteiger partial charge in [0.05, 0.1) is 0 Å². The molecule has 31 rings (SSSR count). The van der Waals surface area contributed by atoms with Crippen LogP contribution < -0.4 is 0 Å². The SMILES string of the molecule is OC12C=CC(O)(C=C1)c1ccc(cc1)-c1ccc(cc1)C1(O)C=CC(O)(C=C1)c1ccc(cc1)-c1ccc(cc1)C1(O)C=CC(O)(C=C1)c1ccc(cc1)-c1ccc(cc1)C1(O)C=CC(O)(C=C1)c1ccc(cc1)-c1ccc2cc1. The Labute approximate surface area is 463 Å². The van der Waals surface area contributed by atoms with Gasteiger partial charge in [0.15, 0.2) is 0 Å². The van der Waals surface area contributed by atoms with Crippen LogP contribution in [0, 0.1) is 0 Å². The Hall–Kier alpha value is -8.64. The summed E-state index contributed by atoms with van der Waals surface area (Å²) in [6.45, 7) is 0. The van der Waals surface area contributed by atoms with Crippen molar-refractivity contribution in [3.05, 3.63) is 336 Å². The molecule has 0 heterocycles. The summed E-state index contributed by atoms with van der Waals surface area (Å²) in [5.74, 6) is 0. The van der Waals surface area contributed by atoms with Crippen LogP contribution in [-0.2, 0) is 44.8 Å². The van der Waals surface area contributed by atoms with E-state index in [1.807, 2.05) is 194 Å². The van der Waals surface area contributed by atoms with E-state index in [0.29, 0.717) is 44.5 Å². The summed E-state index contributed by atoms with van der Waals surface area (Å²) in [5.41, 5.74) is 0.514. The van der Waals surface area contributed by atoms with Gasteiger partial charge >= 0.3 is 0 Å². The smallest absolute Gasteiger partial charge is 0.127 e. The van der Waals surface area contributed by atoms with E-state index in [4.69, 9.17) is 0 Å². The molecule has 0 aliphatic heterocycles. The Morgan fingerprint density at radius 2 is 0.200 bits per heavy atom. The van der Waals surface area contributed by atoms with Gasteiger partial charge in [-0.3, -0.25) is 0 Å². The van der Waals surface area contributed by atoms with Crippen molar-refractivity contribution in [2.45, 2.75) is 44.8 Å². The molecule has 0 fully saturated rings. The van der Waals surface area contributed by atoms with Crippen LogP contribution >= 0.6 is 0 Å². The first-order chi connectivity index (χ1) is 38.4. The van der Waals surface area contributed by atoms with Crippen LogP contribution in [0.1, 0.15) is 44.5 Å². The fourth-order valence-electron chi connectivity index (χ4n) is 11.5. The lowest BCUT2D eigenvalue weighted by Gasteiger charge is -2.32. The third kappa shape index (κ3) is 8.85. The van der Waals surface area contributed by atoms with Crippen molar-refractivity contribution in [3.8, 4) is 44.5 Å². The van der Waals surface area contributed by atoms with Gasteiger partial charge in [0.1, 0.15) is 44.8 Å². The molecule has 23 aliphatic rings. The second-order valence-corrected chi connectivity index (χ2v) is 21.9. The fraction of sp³-hybridized carbons (Fsp3) is 0.111. The van der Waals surface area contributed by atoms with Crippen LogP contribution in [-0.4, -0.2) is 40.9 Å². The van der Waals surface area contributed by atoms with Gasteiger partial charge in [0.25, 0.3) is 0 Å². The minimum Gasteiger partial charge on any atom is -0.377 e. The van der Waals surface area contributed by atoms with Crippen molar-refractivity contribution >= 4 is 0 Å². The first-order valence-corrected chi connectivity index (χ1v) is 26.6. The Morgan fingerprint density at radius 3 is 0.275 bits per heavy atom. The zero-order valence-corrected chi connectivity index (χ0v) is 43.3. The lowest BCUT2D eigenvalue weighted by Crippen LogP contribution is -2.30. The molecule has 8 aromatic carbocycles. The van der Waals surface area contributed by atoms with Gasteiger partial charge < -0.3 is 40.9 Å². The molecule has 392 valence electrons. The van der Waals surface area contributed by atoms with Gasteiger partial charge in [0.2, 0.25) is 0 Å². The highest BCUT2D eigenvalue weighted by molar-refractivity contribution is 5.69. The van der Waals surface area contributed by atoms with E-state index >= 15 is 0 Å². The predicted octanol–water partition coefficient (Wildman–Crippen LogP) is 11.5. The van der Waals surface area contributed by atoms with Gasteiger partial charge in [-0.1, -0.05) is 194 Å². The maximum atomic E-state index is 11.8. The third-order valence-electron chi connectivity index (χ3n) is 16.8. The molecule has 0 amide bonds. The van der Waals surface area contributed by atoms with Crippen LogP contribution in [0.15, 0.2) is 291 Å². The molecule has 0 radical (unpaired) electrons. The van der Waals surface area contributed by atoms with Gasteiger partial charge in [-0.2, -0.15) is 0 Å². The Morgan fingerprint density at radius 1 is 0.125 bits per heavy atom. The van der Waals surface area contributed by atoms with E-state index in [1.165, 1.54) is 0 Å². The van der Waals surface area contributed by atoms with Crippen molar-refractivity contribution in [1.29, 1.82) is 0 Å². The molecule has 0 spiro atoms. The standard InChI is InChI=1S/C72H56O8/c73-65-33-35-66(74,36-34-65)59-21-5-51(6-22-59)52-9-25-61(26-10-52)69(77)41-43-70(78,44-42-69)63-29-13-55(14-30-63)56-15-31-64(32-16-56)72(80)47-45-71(79,46-48-72)62-27-11-54(12-28-62)53-7-23-60(24-8-53)68(76)39-37-67(75,38-40-68)58-19-3-50(4-20-58)49-1-17-57(65)18-2-49/h1-48,73-80H. The first kappa shape index (κ1) is 50.8. The minimum absolute atomic E-state index is 0.622. The second kappa shape index (κ2) is 18.5. The highest BCUT2D eigenvalue weighted by Crippen LogP contribution is 2.43. The van der Waals surface area contributed by atoms with E-state index in [0.717, 1.165) is 44.5 Å². The Bertz CT molecular complexity index is 3100. The second-order valence-electron chi connectivity index (χ2n) is 21.9. The first-order valence-electron chi connectivity index (χ1n) is 26.6. The van der Waals surface area contributed by atoms with Crippen molar-refractivity contribution in [1.82, 2.24) is 0 Å². The highest BCUT2D eigenvalue weighted by Gasteiger charge is 2.38. The zero-order chi connectivity index (χ0) is 55.2. The topological polar surface area (TPSA) is 162 Å². The van der Waals surface area contributed by atoms with Crippen molar-refractivity contribution in [3.63, 3.8) is 0 Å². The molecule has 24 bridgehead atoms. The van der Waals surface area contributed by atoms with Crippen molar-refractivity contribution < 1.29 is 40.9 Å². The summed E-state index contributed by atoms with van der Waals surface area (Å²) in [6, 6.07) is 60.4. The normalized spacial score (nSPS) is 29.5. The van der Waals surface area contributed by atoms with Crippen LogP contribution in [0.3, 0.4) is 0 Å². The van der Waals surface area contributed by atoms with Crippen molar-refractivity contribution in [2.75, 3.05) is 0 Å². The number of benzene rings is 8. The minimum atomic E-state index is -1.46. The Kier molecular flexibility index (Phi) is 11.7. The maximum Gasteiger partial charge on any atom is 0.127 e. The zero-order valence-electron chi connectivity index (χ0n) is 43.3. The van der Waals surface area contributed by atoms with E-state index in [1.54, 1.807) is 97.2 Å². The highest BCUT2D eigenvalue weighted by atomic mass is 16.3. The van der Waals surface area contributed by atoms with Gasteiger partial charge in [-0.05, 0) is 186 Å². The van der Waals surface area contributed by atoms with Crippen molar-refractivity contribution in [2.24, 2.45) is 0 Å². The van der Waals surface area contributed by atoms with E-state index in [-0.39, 0.29) is 0 Å². The monoisotopic (exact) mass is 1050 g/mol.